The number of amides is 3. The molecule has 0 saturated heterocycles. The summed E-state index contributed by atoms with van der Waals surface area (Å²) in [7, 11) is 1.48. The monoisotopic (exact) mass is 427 g/mol. The van der Waals surface area contributed by atoms with Gasteiger partial charge in [0.1, 0.15) is 11.4 Å². The Hall–Kier alpha value is -3.55. The van der Waals surface area contributed by atoms with Crippen molar-refractivity contribution in [1.29, 1.82) is 0 Å². The molecule has 0 aliphatic rings. The summed E-state index contributed by atoms with van der Waals surface area (Å²) in [5.74, 6) is -0.101. The van der Waals surface area contributed by atoms with E-state index in [9.17, 15) is 14.4 Å². The van der Waals surface area contributed by atoms with Crippen molar-refractivity contribution in [2.45, 2.75) is 45.8 Å². The Labute approximate surface area is 182 Å². The maximum absolute atomic E-state index is 12.4. The first-order valence-electron chi connectivity index (χ1n) is 9.91. The van der Waals surface area contributed by atoms with Gasteiger partial charge in [-0.3, -0.25) is 14.9 Å². The van der Waals surface area contributed by atoms with E-state index in [0.717, 1.165) is 0 Å². The molecule has 8 nitrogen and oxygen atoms in total. The highest BCUT2D eigenvalue weighted by Gasteiger charge is 2.18. The van der Waals surface area contributed by atoms with Gasteiger partial charge in [-0.25, -0.2) is 4.79 Å². The Bertz CT molecular complexity index is 923. The van der Waals surface area contributed by atoms with Crippen molar-refractivity contribution in [3.63, 3.8) is 0 Å². The molecule has 0 aromatic heterocycles. The first-order chi connectivity index (χ1) is 14.6. The fourth-order valence-corrected chi connectivity index (χ4v) is 2.73. The molecular weight excluding hydrogens is 398 g/mol. The van der Waals surface area contributed by atoms with Crippen LogP contribution in [-0.4, -0.2) is 36.7 Å². The van der Waals surface area contributed by atoms with Crippen LogP contribution in [0.3, 0.4) is 0 Å². The Kier molecular flexibility index (Phi) is 8.01. The third-order valence-electron chi connectivity index (χ3n) is 4.02. The van der Waals surface area contributed by atoms with E-state index < -0.39 is 11.7 Å². The smallest absolute Gasteiger partial charge is 0.412 e. The Morgan fingerprint density at radius 2 is 1.68 bits per heavy atom. The van der Waals surface area contributed by atoms with E-state index in [-0.39, 0.29) is 24.3 Å². The van der Waals surface area contributed by atoms with Crippen molar-refractivity contribution < 1.29 is 23.9 Å². The Morgan fingerprint density at radius 1 is 1.00 bits per heavy atom. The number of carbonyl (C=O) groups excluding carboxylic acids is 3. The van der Waals surface area contributed by atoms with Crippen LogP contribution >= 0.6 is 0 Å². The summed E-state index contributed by atoms with van der Waals surface area (Å²) < 4.78 is 10.5. The molecule has 0 radical (unpaired) electrons. The van der Waals surface area contributed by atoms with E-state index in [1.807, 2.05) is 6.07 Å². The van der Waals surface area contributed by atoms with Gasteiger partial charge in [-0.05, 0) is 58.0 Å². The van der Waals surface area contributed by atoms with Crippen LogP contribution in [0, 0.1) is 0 Å². The summed E-state index contributed by atoms with van der Waals surface area (Å²) in [5, 5.41) is 8.18. The van der Waals surface area contributed by atoms with Crippen molar-refractivity contribution in [2.24, 2.45) is 0 Å². The van der Waals surface area contributed by atoms with Crippen LogP contribution in [0.1, 0.15) is 44.5 Å². The van der Waals surface area contributed by atoms with Gasteiger partial charge in [-0.2, -0.15) is 0 Å². The number of methoxy groups -OCH3 is 1. The van der Waals surface area contributed by atoms with Crippen LogP contribution in [0.4, 0.5) is 16.2 Å². The maximum Gasteiger partial charge on any atom is 0.412 e. The van der Waals surface area contributed by atoms with Crippen molar-refractivity contribution in [3.8, 4) is 5.75 Å². The average molecular weight is 428 g/mol. The van der Waals surface area contributed by atoms with Gasteiger partial charge in [0.25, 0.3) is 5.91 Å². The van der Waals surface area contributed by atoms with E-state index >= 15 is 0 Å². The highest BCUT2D eigenvalue weighted by atomic mass is 16.6. The van der Waals surface area contributed by atoms with Gasteiger partial charge < -0.3 is 20.1 Å². The normalized spacial score (nSPS) is 11.8. The predicted molar refractivity (Wildman–Crippen MR) is 119 cm³/mol. The number of hydrogen-bond acceptors (Lipinski definition) is 5. The number of ether oxygens (including phenoxy) is 2. The van der Waals surface area contributed by atoms with Gasteiger partial charge in [0.2, 0.25) is 5.91 Å². The van der Waals surface area contributed by atoms with E-state index in [2.05, 4.69) is 16.0 Å². The van der Waals surface area contributed by atoms with Crippen LogP contribution in [0.5, 0.6) is 5.75 Å². The van der Waals surface area contributed by atoms with Crippen LogP contribution in [0.15, 0.2) is 48.5 Å². The standard InChI is InChI=1S/C23H29N3O5/c1-15(24-21(28)16-9-7-6-8-10-16)13-20(27)25-17-11-12-19(30-5)18(14-17)26-22(29)31-23(2,3)4/h6-12,14-15H,13H2,1-5H3,(H,24,28)(H,25,27)(H,26,29). The quantitative estimate of drug-likeness (QED) is 0.614. The first-order valence-corrected chi connectivity index (χ1v) is 9.91. The first kappa shape index (κ1) is 23.7. The number of anilines is 2. The molecular formula is C23H29N3O5. The number of carbonyl (C=O) groups is 3. The minimum absolute atomic E-state index is 0.0828. The summed E-state index contributed by atoms with van der Waals surface area (Å²) in [6.45, 7) is 7.04. The molecule has 0 saturated carbocycles. The second kappa shape index (κ2) is 10.5. The summed E-state index contributed by atoms with van der Waals surface area (Å²) in [6.07, 6.45) is -0.550. The molecule has 1 unspecified atom stereocenters. The SMILES string of the molecule is COc1ccc(NC(=O)CC(C)NC(=O)c2ccccc2)cc1NC(=O)OC(C)(C)C. The lowest BCUT2D eigenvalue weighted by Gasteiger charge is -2.20. The van der Waals surface area contributed by atoms with Crippen LogP contribution in [0.25, 0.3) is 0 Å². The van der Waals surface area contributed by atoms with Crippen molar-refractivity contribution in [2.75, 3.05) is 17.7 Å². The molecule has 0 bridgehead atoms. The zero-order chi connectivity index (χ0) is 23.0. The molecule has 3 amide bonds. The largest absolute Gasteiger partial charge is 0.495 e. The molecule has 0 aliphatic carbocycles. The number of nitrogens with one attached hydrogen (secondary N) is 3. The Balaban J connectivity index is 1.97. The van der Waals surface area contributed by atoms with Gasteiger partial charge in [0.15, 0.2) is 0 Å². The van der Waals surface area contributed by atoms with Crippen LogP contribution in [0.2, 0.25) is 0 Å². The predicted octanol–water partition coefficient (Wildman–Crippen LogP) is 4.19. The van der Waals surface area contributed by atoms with E-state index in [1.54, 1.807) is 70.2 Å². The lowest BCUT2D eigenvalue weighted by Crippen LogP contribution is -2.35. The zero-order valence-electron chi connectivity index (χ0n) is 18.4. The number of benzene rings is 2. The molecule has 0 heterocycles. The highest BCUT2D eigenvalue weighted by Crippen LogP contribution is 2.28. The molecule has 166 valence electrons. The molecule has 1 atom stereocenters. The second-order valence-electron chi connectivity index (χ2n) is 8.03. The van der Waals surface area contributed by atoms with E-state index in [4.69, 9.17) is 9.47 Å². The fourth-order valence-electron chi connectivity index (χ4n) is 2.73. The third-order valence-corrected chi connectivity index (χ3v) is 4.02. The van der Waals surface area contributed by atoms with Gasteiger partial charge >= 0.3 is 6.09 Å². The minimum atomic E-state index is -0.649. The molecule has 2 aromatic rings. The highest BCUT2D eigenvalue weighted by molar-refractivity contribution is 5.96. The van der Waals surface area contributed by atoms with Gasteiger partial charge in [0, 0.05) is 23.7 Å². The molecule has 0 aliphatic heterocycles. The van der Waals surface area contributed by atoms with E-state index in [1.165, 1.54) is 7.11 Å². The van der Waals surface area contributed by atoms with Crippen LogP contribution in [-0.2, 0) is 9.53 Å². The van der Waals surface area contributed by atoms with Crippen molar-refractivity contribution in [3.05, 3.63) is 54.1 Å². The second-order valence-corrected chi connectivity index (χ2v) is 8.03. The maximum atomic E-state index is 12.4. The molecule has 2 rings (SSSR count). The molecule has 0 spiro atoms. The van der Waals surface area contributed by atoms with Crippen LogP contribution < -0.4 is 20.7 Å². The molecule has 0 fully saturated rings. The zero-order valence-corrected chi connectivity index (χ0v) is 18.4. The average Bonchev–Trinajstić information content (AvgIpc) is 2.67. The van der Waals surface area contributed by atoms with Gasteiger partial charge in [0.05, 0.1) is 12.8 Å². The minimum Gasteiger partial charge on any atom is -0.495 e. The van der Waals surface area contributed by atoms with Gasteiger partial charge in [-0.15, -0.1) is 0 Å². The Morgan fingerprint density at radius 3 is 2.29 bits per heavy atom. The summed E-state index contributed by atoms with van der Waals surface area (Å²) >= 11 is 0. The fraction of sp³-hybridized carbons (Fsp3) is 0.348. The topological polar surface area (TPSA) is 106 Å². The lowest BCUT2D eigenvalue weighted by molar-refractivity contribution is -0.116. The number of rotatable bonds is 7. The lowest BCUT2D eigenvalue weighted by atomic mass is 10.1. The molecule has 31 heavy (non-hydrogen) atoms. The third kappa shape index (κ3) is 8.00. The summed E-state index contributed by atoms with van der Waals surface area (Å²) in [5.41, 5.74) is 0.713. The van der Waals surface area contributed by atoms with Crippen molar-refractivity contribution >= 4 is 29.3 Å². The van der Waals surface area contributed by atoms with E-state index in [0.29, 0.717) is 22.7 Å². The van der Waals surface area contributed by atoms with Gasteiger partial charge in [-0.1, -0.05) is 18.2 Å². The number of hydrogen-bond donors (Lipinski definition) is 3. The summed E-state index contributed by atoms with van der Waals surface area (Å²) in [6, 6.07) is 13.3. The van der Waals surface area contributed by atoms with Crippen molar-refractivity contribution in [1.82, 2.24) is 5.32 Å². The molecule has 3 N–H and O–H groups in total. The molecule has 8 heteroatoms. The summed E-state index contributed by atoms with van der Waals surface area (Å²) in [4.78, 5) is 36.7. The molecule has 2 aromatic carbocycles.